The summed E-state index contributed by atoms with van der Waals surface area (Å²) < 4.78 is 15.6. The number of hydrogen-bond donors (Lipinski definition) is 0. The van der Waals surface area contributed by atoms with Gasteiger partial charge in [0.1, 0.15) is 17.6 Å². The van der Waals surface area contributed by atoms with Gasteiger partial charge in [-0.2, -0.15) is 0 Å². The highest BCUT2D eigenvalue weighted by Crippen LogP contribution is 2.32. The van der Waals surface area contributed by atoms with Gasteiger partial charge in [-0.25, -0.2) is 0 Å². The van der Waals surface area contributed by atoms with Crippen LogP contribution in [0.5, 0.6) is 11.5 Å². The van der Waals surface area contributed by atoms with Gasteiger partial charge in [0, 0.05) is 12.1 Å². The number of nitro benzene ring substituents is 1. The Hall–Kier alpha value is -3.35. The largest absolute Gasteiger partial charge is 0.497 e. The molecule has 122 valence electrons. The molecule has 0 unspecified atom stereocenters. The zero-order valence-electron chi connectivity index (χ0n) is 12.9. The van der Waals surface area contributed by atoms with E-state index in [0.29, 0.717) is 22.3 Å². The quantitative estimate of drug-likeness (QED) is 0.539. The average molecular weight is 327 g/mol. The Morgan fingerprint density at radius 3 is 2.54 bits per heavy atom. The molecule has 7 heteroatoms. The molecule has 1 aromatic heterocycles. The molecule has 0 aliphatic rings. The molecule has 3 rings (SSSR count). The normalized spacial score (nSPS) is 10.6. The van der Waals surface area contributed by atoms with Gasteiger partial charge in [0.25, 0.3) is 0 Å². The number of rotatable bonds is 4. The molecule has 0 saturated heterocycles. The molecule has 0 saturated carbocycles. The summed E-state index contributed by atoms with van der Waals surface area (Å²) in [6.07, 6.45) is 1.29. The van der Waals surface area contributed by atoms with Crippen LogP contribution in [-0.2, 0) is 0 Å². The van der Waals surface area contributed by atoms with Gasteiger partial charge in [0.05, 0.1) is 30.1 Å². The summed E-state index contributed by atoms with van der Waals surface area (Å²) >= 11 is 0. The van der Waals surface area contributed by atoms with Gasteiger partial charge >= 0.3 is 5.69 Å². The van der Waals surface area contributed by atoms with Crippen LogP contribution in [0.15, 0.2) is 51.9 Å². The SMILES string of the molecule is COc1ccc2c(=O)c(-c3ccc(OC)c([N+](=O)[O-])c3)coc2c1. The zero-order valence-corrected chi connectivity index (χ0v) is 12.9. The summed E-state index contributed by atoms with van der Waals surface area (Å²) in [7, 11) is 2.86. The Bertz CT molecular complexity index is 992. The van der Waals surface area contributed by atoms with Gasteiger partial charge in [-0.3, -0.25) is 14.9 Å². The number of nitro groups is 1. The maximum atomic E-state index is 12.7. The molecule has 24 heavy (non-hydrogen) atoms. The van der Waals surface area contributed by atoms with Crippen molar-refractivity contribution in [1.29, 1.82) is 0 Å². The van der Waals surface area contributed by atoms with Crippen LogP contribution in [-0.4, -0.2) is 19.1 Å². The van der Waals surface area contributed by atoms with Gasteiger partial charge < -0.3 is 13.9 Å². The van der Waals surface area contributed by atoms with Gasteiger partial charge in [-0.05, 0) is 29.8 Å². The average Bonchev–Trinajstić information content (AvgIpc) is 2.61. The van der Waals surface area contributed by atoms with E-state index in [-0.39, 0.29) is 22.4 Å². The van der Waals surface area contributed by atoms with E-state index in [9.17, 15) is 14.9 Å². The lowest BCUT2D eigenvalue weighted by Gasteiger charge is -2.06. The molecule has 7 nitrogen and oxygen atoms in total. The summed E-state index contributed by atoms with van der Waals surface area (Å²) in [4.78, 5) is 23.2. The Balaban J connectivity index is 2.20. The van der Waals surface area contributed by atoms with E-state index in [0.717, 1.165) is 0 Å². The van der Waals surface area contributed by atoms with Crippen LogP contribution in [0, 0.1) is 10.1 Å². The van der Waals surface area contributed by atoms with E-state index >= 15 is 0 Å². The minimum Gasteiger partial charge on any atom is -0.497 e. The lowest BCUT2D eigenvalue weighted by Crippen LogP contribution is -2.05. The maximum Gasteiger partial charge on any atom is 0.311 e. The predicted molar refractivity (Wildman–Crippen MR) is 87.7 cm³/mol. The number of benzene rings is 2. The lowest BCUT2D eigenvalue weighted by atomic mass is 10.0. The van der Waals surface area contributed by atoms with Gasteiger partial charge in [-0.1, -0.05) is 0 Å². The molecule has 0 fully saturated rings. The smallest absolute Gasteiger partial charge is 0.311 e. The molecular weight excluding hydrogens is 314 g/mol. The molecule has 0 bridgehead atoms. The topological polar surface area (TPSA) is 91.8 Å². The van der Waals surface area contributed by atoms with Crippen LogP contribution >= 0.6 is 0 Å². The van der Waals surface area contributed by atoms with Crippen molar-refractivity contribution in [3.63, 3.8) is 0 Å². The maximum absolute atomic E-state index is 12.7. The summed E-state index contributed by atoms with van der Waals surface area (Å²) in [6.45, 7) is 0. The Morgan fingerprint density at radius 2 is 1.88 bits per heavy atom. The molecule has 1 heterocycles. The minimum atomic E-state index is -0.560. The molecule has 0 N–H and O–H groups in total. The highest BCUT2D eigenvalue weighted by atomic mass is 16.6. The van der Waals surface area contributed by atoms with Crippen LogP contribution in [0.4, 0.5) is 5.69 Å². The molecule has 3 aromatic rings. The molecule has 0 aliphatic carbocycles. The fourth-order valence-electron chi connectivity index (χ4n) is 2.44. The second-order valence-electron chi connectivity index (χ2n) is 4.98. The van der Waals surface area contributed by atoms with E-state index in [1.807, 2.05) is 0 Å². The van der Waals surface area contributed by atoms with Crippen LogP contribution in [0.3, 0.4) is 0 Å². The molecule has 0 radical (unpaired) electrons. The van der Waals surface area contributed by atoms with E-state index in [2.05, 4.69) is 0 Å². The van der Waals surface area contributed by atoms with Crippen LogP contribution in [0.1, 0.15) is 0 Å². The highest BCUT2D eigenvalue weighted by Gasteiger charge is 2.18. The van der Waals surface area contributed by atoms with Gasteiger partial charge in [-0.15, -0.1) is 0 Å². The van der Waals surface area contributed by atoms with Crippen molar-refractivity contribution in [3.8, 4) is 22.6 Å². The van der Waals surface area contributed by atoms with Gasteiger partial charge in [0.15, 0.2) is 11.2 Å². The fourth-order valence-corrected chi connectivity index (χ4v) is 2.44. The number of methoxy groups -OCH3 is 2. The van der Waals surface area contributed by atoms with Crippen molar-refractivity contribution in [2.24, 2.45) is 0 Å². The van der Waals surface area contributed by atoms with Crippen molar-refractivity contribution in [3.05, 3.63) is 63.0 Å². The van der Waals surface area contributed by atoms with Crippen molar-refractivity contribution >= 4 is 16.7 Å². The standard InChI is InChI=1S/C17H13NO6/c1-22-11-4-5-12-16(8-11)24-9-13(17(12)19)10-3-6-15(23-2)14(7-10)18(20)21/h3-9H,1-2H3. The summed E-state index contributed by atoms with van der Waals surface area (Å²) in [6, 6.07) is 9.18. The second-order valence-corrected chi connectivity index (χ2v) is 4.98. The van der Waals surface area contributed by atoms with E-state index < -0.39 is 4.92 Å². The summed E-state index contributed by atoms with van der Waals surface area (Å²) in [5.41, 5.74) is 0.501. The molecule has 0 aliphatic heterocycles. The Labute approximate surface area is 136 Å². The zero-order chi connectivity index (χ0) is 17.3. The predicted octanol–water partition coefficient (Wildman–Crippen LogP) is 3.39. The molecule has 0 spiro atoms. The third-order valence-corrected chi connectivity index (χ3v) is 3.67. The summed E-state index contributed by atoms with van der Waals surface area (Å²) in [5, 5.41) is 11.5. The van der Waals surface area contributed by atoms with E-state index in [4.69, 9.17) is 13.9 Å². The lowest BCUT2D eigenvalue weighted by molar-refractivity contribution is -0.385. The van der Waals surface area contributed by atoms with Crippen LogP contribution < -0.4 is 14.9 Å². The number of hydrogen-bond acceptors (Lipinski definition) is 6. The Morgan fingerprint density at radius 1 is 1.08 bits per heavy atom. The summed E-state index contributed by atoms with van der Waals surface area (Å²) in [5.74, 6) is 0.692. The second kappa shape index (κ2) is 6.04. The fraction of sp³-hybridized carbons (Fsp3) is 0.118. The highest BCUT2D eigenvalue weighted by molar-refractivity contribution is 5.83. The van der Waals surface area contributed by atoms with Gasteiger partial charge in [0.2, 0.25) is 0 Å². The van der Waals surface area contributed by atoms with Crippen molar-refractivity contribution in [2.75, 3.05) is 14.2 Å². The molecule has 0 atom stereocenters. The van der Waals surface area contributed by atoms with Crippen molar-refractivity contribution in [2.45, 2.75) is 0 Å². The van der Waals surface area contributed by atoms with Crippen LogP contribution in [0.2, 0.25) is 0 Å². The number of nitrogens with zero attached hydrogens (tertiary/aromatic N) is 1. The molecule has 2 aromatic carbocycles. The third kappa shape index (κ3) is 2.56. The van der Waals surface area contributed by atoms with Crippen LogP contribution in [0.25, 0.3) is 22.1 Å². The Kier molecular flexibility index (Phi) is 3.91. The van der Waals surface area contributed by atoms with E-state index in [1.54, 1.807) is 24.3 Å². The molecular formula is C17H13NO6. The number of fused-ring (bicyclic) bond motifs is 1. The first-order valence-corrected chi connectivity index (χ1v) is 6.97. The first kappa shape index (κ1) is 15.5. The van der Waals surface area contributed by atoms with E-state index in [1.165, 1.54) is 32.6 Å². The monoisotopic (exact) mass is 327 g/mol. The van der Waals surface area contributed by atoms with Crippen molar-refractivity contribution < 1.29 is 18.8 Å². The first-order chi connectivity index (χ1) is 11.5. The minimum absolute atomic E-state index is 0.124. The molecule has 0 amide bonds. The first-order valence-electron chi connectivity index (χ1n) is 6.97. The third-order valence-electron chi connectivity index (χ3n) is 3.67. The number of ether oxygens (including phenoxy) is 2. The van der Waals surface area contributed by atoms with Crippen molar-refractivity contribution in [1.82, 2.24) is 0 Å².